The molecular formula is C50H66O9. The van der Waals surface area contributed by atoms with E-state index in [4.69, 9.17) is 33.2 Å². The minimum atomic E-state index is -0.700. The number of para-hydroxylation sites is 1. The van der Waals surface area contributed by atoms with Crippen molar-refractivity contribution in [1.29, 1.82) is 0 Å². The van der Waals surface area contributed by atoms with Crippen molar-refractivity contribution in [3.8, 4) is 23.0 Å². The number of rotatable bonds is 28. The quantitative estimate of drug-likeness (QED) is 0.0315. The second-order valence-electron chi connectivity index (χ2n) is 15.5. The first kappa shape index (κ1) is 46.8. The van der Waals surface area contributed by atoms with Gasteiger partial charge in [0.15, 0.2) is 12.2 Å². The molecule has 0 spiro atoms. The summed E-state index contributed by atoms with van der Waals surface area (Å²) in [6.45, 7) is 21.1. The Labute approximate surface area is 352 Å². The van der Waals surface area contributed by atoms with Gasteiger partial charge in [0, 0.05) is 45.9 Å². The fourth-order valence-electron chi connectivity index (χ4n) is 6.69. The van der Waals surface area contributed by atoms with Crippen molar-refractivity contribution in [3.05, 3.63) is 97.1 Å². The van der Waals surface area contributed by atoms with Crippen molar-refractivity contribution in [2.24, 2.45) is 11.8 Å². The zero-order valence-corrected chi connectivity index (χ0v) is 36.2. The molecule has 0 fully saturated rings. The van der Waals surface area contributed by atoms with E-state index >= 15 is 0 Å². The average molecular weight is 811 g/mol. The molecule has 0 aromatic heterocycles. The summed E-state index contributed by atoms with van der Waals surface area (Å²) in [6, 6.07) is 23.1. The number of carbonyl (C=O) groups is 2. The number of carbonyl (C=O) groups excluding carboxylic acids is 2. The van der Waals surface area contributed by atoms with Gasteiger partial charge in [-0.1, -0.05) is 122 Å². The van der Waals surface area contributed by atoms with Crippen molar-refractivity contribution in [3.63, 3.8) is 0 Å². The fourth-order valence-corrected chi connectivity index (χ4v) is 6.69. The predicted molar refractivity (Wildman–Crippen MR) is 237 cm³/mol. The fraction of sp³-hybridized carbons (Fsp3) is 0.480. The molecule has 0 aliphatic carbocycles. The lowest BCUT2D eigenvalue weighted by atomic mass is 10.00. The van der Waals surface area contributed by atoms with Gasteiger partial charge in [-0.2, -0.15) is 0 Å². The molecule has 9 heteroatoms. The van der Waals surface area contributed by atoms with E-state index in [9.17, 15) is 9.59 Å². The first-order chi connectivity index (χ1) is 28.6. The zero-order valence-electron chi connectivity index (χ0n) is 36.2. The lowest BCUT2D eigenvalue weighted by molar-refractivity contribution is -0.150. The van der Waals surface area contributed by atoms with Crippen LogP contribution in [-0.4, -0.2) is 63.8 Å². The molecule has 0 amide bonds. The van der Waals surface area contributed by atoms with E-state index in [0.717, 1.165) is 72.9 Å². The molecule has 0 aliphatic rings. The highest BCUT2D eigenvalue weighted by Gasteiger charge is 2.24. The molecule has 0 heterocycles. The van der Waals surface area contributed by atoms with Crippen molar-refractivity contribution in [1.82, 2.24) is 0 Å². The van der Waals surface area contributed by atoms with Crippen LogP contribution >= 0.6 is 0 Å². The smallest absolute Gasteiger partial charge is 0.333 e. The summed E-state index contributed by atoms with van der Waals surface area (Å²) in [4.78, 5) is 25.6. The van der Waals surface area contributed by atoms with Gasteiger partial charge in [0.25, 0.3) is 0 Å². The third-order valence-corrected chi connectivity index (χ3v) is 10.3. The molecule has 4 atom stereocenters. The van der Waals surface area contributed by atoms with E-state index in [0.29, 0.717) is 59.2 Å². The summed E-state index contributed by atoms with van der Waals surface area (Å²) < 4.78 is 43.7. The maximum atomic E-state index is 12.8. The Hall–Kier alpha value is -4.86. The maximum Gasteiger partial charge on any atom is 0.333 e. The Morgan fingerprint density at radius 1 is 0.542 bits per heavy atom. The van der Waals surface area contributed by atoms with Crippen LogP contribution in [0.4, 0.5) is 0 Å². The Kier molecular flexibility index (Phi) is 19.8. The molecule has 59 heavy (non-hydrogen) atoms. The second kappa shape index (κ2) is 24.9. The molecule has 0 bridgehead atoms. The van der Waals surface area contributed by atoms with Crippen molar-refractivity contribution in [2.45, 2.75) is 105 Å². The molecule has 0 radical (unpaired) electrons. The van der Waals surface area contributed by atoms with Gasteiger partial charge in [-0.15, -0.1) is 0 Å². The molecule has 0 N–H and O–H groups in total. The van der Waals surface area contributed by atoms with Crippen LogP contribution in [0, 0.1) is 11.8 Å². The molecule has 4 rings (SSSR count). The van der Waals surface area contributed by atoms with Gasteiger partial charge in [-0.05, 0) is 68.9 Å². The topological polar surface area (TPSA) is 98.8 Å². The maximum absolute atomic E-state index is 12.8. The summed E-state index contributed by atoms with van der Waals surface area (Å²) in [7, 11) is 0. The molecule has 4 aromatic carbocycles. The molecule has 4 unspecified atom stereocenters. The first-order valence-electron chi connectivity index (χ1n) is 21.4. The third-order valence-electron chi connectivity index (χ3n) is 10.3. The van der Waals surface area contributed by atoms with E-state index in [-0.39, 0.29) is 26.4 Å². The summed E-state index contributed by atoms with van der Waals surface area (Å²) in [6.07, 6.45) is 7.35. The number of hydrogen-bond donors (Lipinski definition) is 0. The Bertz CT molecular complexity index is 1940. The van der Waals surface area contributed by atoms with E-state index in [2.05, 4.69) is 40.9 Å². The Balaban J connectivity index is 1.71. The number of fused-ring (bicyclic) bond motifs is 2. The van der Waals surface area contributed by atoms with Gasteiger partial charge in [-0.25, -0.2) is 9.59 Å². The monoisotopic (exact) mass is 810 g/mol. The van der Waals surface area contributed by atoms with Crippen molar-refractivity contribution < 1.29 is 42.7 Å². The minimum Gasteiger partial charge on any atom is -0.488 e. The highest BCUT2D eigenvalue weighted by molar-refractivity contribution is 6.11. The largest absolute Gasteiger partial charge is 0.488 e. The van der Waals surface area contributed by atoms with E-state index in [1.807, 2.05) is 72.8 Å². The summed E-state index contributed by atoms with van der Waals surface area (Å²) >= 11 is 0. The zero-order chi connectivity index (χ0) is 42.6. The minimum absolute atomic E-state index is 0.0289. The number of unbranched alkanes of at least 4 members (excludes halogenated alkanes) is 2. The lowest BCUT2D eigenvalue weighted by Gasteiger charge is -2.24. The molecule has 9 nitrogen and oxygen atoms in total. The van der Waals surface area contributed by atoms with Crippen LogP contribution in [0.15, 0.2) is 97.1 Å². The van der Waals surface area contributed by atoms with Crippen LogP contribution in [0.2, 0.25) is 0 Å². The summed E-state index contributed by atoms with van der Waals surface area (Å²) in [5.74, 6) is 2.28. The van der Waals surface area contributed by atoms with Crippen LogP contribution in [0.3, 0.4) is 0 Å². The molecule has 0 saturated carbocycles. The molecule has 0 saturated heterocycles. The lowest BCUT2D eigenvalue weighted by Crippen LogP contribution is -2.31. The summed E-state index contributed by atoms with van der Waals surface area (Å²) in [5, 5.41) is 3.04. The van der Waals surface area contributed by atoms with E-state index < -0.39 is 24.1 Å². The van der Waals surface area contributed by atoms with Gasteiger partial charge in [0.05, 0.1) is 13.2 Å². The van der Waals surface area contributed by atoms with Gasteiger partial charge in [0.2, 0.25) is 0 Å². The van der Waals surface area contributed by atoms with Gasteiger partial charge in [-0.3, -0.25) is 0 Å². The third kappa shape index (κ3) is 14.7. The highest BCUT2D eigenvalue weighted by atomic mass is 16.6. The van der Waals surface area contributed by atoms with Crippen LogP contribution in [0.25, 0.3) is 21.5 Å². The van der Waals surface area contributed by atoms with Crippen molar-refractivity contribution >= 4 is 33.5 Å². The molecule has 320 valence electrons. The number of esters is 2. The van der Waals surface area contributed by atoms with E-state index in [1.165, 1.54) is 0 Å². The van der Waals surface area contributed by atoms with Crippen molar-refractivity contribution in [2.75, 3.05) is 39.6 Å². The van der Waals surface area contributed by atoms with Gasteiger partial charge < -0.3 is 33.2 Å². The normalized spacial score (nSPS) is 13.3. The van der Waals surface area contributed by atoms with Crippen LogP contribution in [-0.2, 0) is 28.5 Å². The van der Waals surface area contributed by atoms with Gasteiger partial charge in [0.1, 0.15) is 36.2 Å². The number of benzene rings is 4. The SMILES string of the molecule is C=C(C)C(=O)OC(COCC(CC)CCCC)COc1c2ccccc2c(OCC(COCC(CC)CCCC)OC(=O)C(=C)C)c2cc(Oc3ccccc3)ccc12. The highest BCUT2D eigenvalue weighted by Crippen LogP contribution is 2.44. The van der Waals surface area contributed by atoms with Gasteiger partial charge >= 0.3 is 11.9 Å². The molecule has 4 aromatic rings. The Morgan fingerprint density at radius 2 is 1.00 bits per heavy atom. The molecular weight excluding hydrogens is 745 g/mol. The van der Waals surface area contributed by atoms with E-state index in [1.54, 1.807) is 13.8 Å². The first-order valence-corrected chi connectivity index (χ1v) is 21.4. The Morgan fingerprint density at radius 3 is 1.46 bits per heavy atom. The predicted octanol–water partition coefficient (Wildman–Crippen LogP) is 12.0. The van der Waals surface area contributed by atoms with Crippen LogP contribution in [0.1, 0.15) is 92.9 Å². The average Bonchev–Trinajstić information content (AvgIpc) is 3.24. The second-order valence-corrected chi connectivity index (χ2v) is 15.5. The number of ether oxygens (including phenoxy) is 7. The standard InChI is InChI=1S/C50H66O9/c1-9-13-20-37(11-3)29-53-31-41(58-49(51)35(5)6)33-55-47-43-24-18-19-25-44(43)48(46-28-40(26-27-45(46)47)57-39-22-16-15-17-23-39)56-34-42(59-50(52)36(7)8)32-54-30-38(12-4)21-14-10-2/h15-19,22-28,37-38,41-42H,5,7,9-14,20-21,29-34H2,1-4,6,8H3. The molecule has 0 aliphatic heterocycles. The summed E-state index contributed by atoms with van der Waals surface area (Å²) in [5.41, 5.74) is 0.593. The number of hydrogen-bond acceptors (Lipinski definition) is 9. The van der Waals surface area contributed by atoms with Crippen LogP contribution < -0.4 is 14.2 Å². The van der Waals surface area contributed by atoms with Crippen LogP contribution in [0.5, 0.6) is 23.0 Å².